The average Bonchev–Trinajstić information content (AvgIpc) is 2.54. The highest BCUT2D eigenvalue weighted by molar-refractivity contribution is 5.76. The van der Waals surface area contributed by atoms with Gasteiger partial charge in [-0.05, 0) is 52.1 Å². The van der Waals surface area contributed by atoms with Gasteiger partial charge < -0.3 is 15.4 Å². The highest BCUT2D eigenvalue weighted by Gasteiger charge is 2.23. The van der Waals surface area contributed by atoms with Crippen LogP contribution in [0.1, 0.15) is 39.5 Å². The van der Waals surface area contributed by atoms with Gasteiger partial charge in [0.15, 0.2) is 0 Å². The maximum atomic E-state index is 12.1. The molecule has 2 aliphatic heterocycles. The number of ether oxygens (including phenoxy) is 1. The molecule has 2 aliphatic rings. The fraction of sp³-hybridized carbons (Fsp3) is 0.938. The molecule has 5 heteroatoms. The standard InChI is InChI=1S/C16H31N3O2/c1-13(14(2)19-9-11-21-12-10-19)18-16(20)4-3-15-5-7-17-8-6-15/h13-15,17H,3-12H2,1-2H3,(H,18,20). The van der Waals surface area contributed by atoms with E-state index in [0.29, 0.717) is 12.5 Å². The minimum absolute atomic E-state index is 0.198. The minimum Gasteiger partial charge on any atom is -0.379 e. The molecular weight excluding hydrogens is 266 g/mol. The Labute approximate surface area is 128 Å². The predicted molar refractivity (Wildman–Crippen MR) is 84.3 cm³/mol. The first-order valence-electron chi connectivity index (χ1n) is 8.48. The summed E-state index contributed by atoms with van der Waals surface area (Å²) in [7, 11) is 0. The lowest BCUT2D eigenvalue weighted by Crippen LogP contribution is -2.52. The van der Waals surface area contributed by atoms with E-state index in [2.05, 4.69) is 29.4 Å². The van der Waals surface area contributed by atoms with Gasteiger partial charge in [-0.15, -0.1) is 0 Å². The molecule has 122 valence electrons. The predicted octanol–water partition coefficient (Wildman–Crippen LogP) is 0.992. The molecule has 2 atom stereocenters. The van der Waals surface area contributed by atoms with Crippen LogP contribution >= 0.6 is 0 Å². The van der Waals surface area contributed by atoms with Gasteiger partial charge in [-0.25, -0.2) is 0 Å². The summed E-state index contributed by atoms with van der Waals surface area (Å²) >= 11 is 0. The smallest absolute Gasteiger partial charge is 0.220 e. The summed E-state index contributed by atoms with van der Waals surface area (Å²) in [5, 5.41) is 6.55. The fourth-order valence-electron chi connectivity index (χ4n) is 3.25. The van der Waals surface area contributed by atoms with Crippen LogP contribution < -0.4 is 10.6 Å². The van der Waals surface area contributed by atoms with Crippen molar-refractivity contribution in [3.8, 4) is 0 Å². The van der Waals surface area contributed by atoms with Crippen LogP contribution in [0, 0.1) is 5.92 Å². The fourth-order valence-corrected chi connectivity index (χ4v) is 3.25. The van der Waals surface area contributed by atoms with Gasteiger partial charge in [0.2, 0.25) is 5.91 Å². The Balaban J connectivity index is 1.65. The molecule has 2 fully saturated rings. The molecule has 2 saturated heterocycles. The highest BCUT2D eigenvalue weighted by atomic mass is 16.5. The molecule has 0 spiro atoms. The number of nitrogens with one attached hydrogen (secondary N) is 2. The molecular formula is C16H31N3O2. The van der Waals surface area contributed by atoms with Crippen LogP contribution in [0.15, 0.2) is 0 Å². The van der Waals surface area contributed by atoms with E-state index < -0.39 is 0 Å². The van der Waals surface area contributed by atoms with Gasteiger partial charge in [0.25, 0.3) is 0 Å². The first-order chi connectivity index (χ1) is 10.2. The highest BCUT2D eigenvalue weighted by Crippen LogP contribution is 2.17. The number of piperidine rings is 1. The monoisotopic (exact) mass is 297 g/mol. The third-order valence-electron chi connectivity index (χ3n) is 4.97. The summed E-state index contributed by atoms with van der Waals surface area (Å²) in [6.07, 6.45) is 4.14. The van der Waals surface area contributed by atoms with Gasteiger partial charge in [-0.3, -0.25) is 9.69 Å². The zero-order valence-electron chi connectivity index (χ0n) is 13.6. The number of carbonyl (C=O) groups is 1. The van der Waals surface area contributed by atoms with Crippen molar-refractivity contribution in [2.45, 2.75) is 51.6 Å². The average molecular weight is 297 g/mol. The number of hydrogen-bond acceptors (Lipinski definition) is 4. The topological polar surface area (TPSA) is 53.6 Å². The van der Waals surface area contributed by atoms with Crippen molar-refractivity contribution in [2.24, 2.45) is 5.92 Å². The maximum absolute atomic E-state index is 12.1. The van der Waals surface area contributed by atoms with Gasteiger partial charge in [0.1, 0.15) is 0 Å². The van der Waals surface area contributed by atoms with Crippen LogP contribution in [0.4, 0.5) is 0 Å². The van der Waals surface area contributed by atoms with Crippen LogP contribution in [0.2, 0.25) is 0 Å². The molecule has 0 aromatic carbocycles. The summed E-state index contributed by atoms with van der Waals surface area (Å²) in [6, 6.07) is 0.570. The SMILES string of the molecule is CC(NC(=O)CCC1CCNCC1)C(C)N1CCOCC1. The Kier molecular flexibility index (Phi) is 6.93. The van der Waals surface area contributed by atoms with Crippen LogP contribution in [0.25, 0.3) is 0 Å². The molecule has 0 bridgehead atoms. The third-order valence-corrected chi connectivity index (χ3v) is 4.97. The van der Waals surface area contributed by atoms with E-state index in [0.717, 1.165) is 51.7 Å². The molecule has 2 unspecified atom stereocenters. The Morgan fingerprint density at radius 1 is 1.29 bits per heavy atom. The Morgan fingerprint density at radius 3 is 2.62 bits per heavy atom. The summed E-state index contributed by atoms with van der Waals surface area (Å²) in [4.78, 5) is 14.5. The van der Waals surface area contributed by atoms with Gasteiger partial charge in [0, 0.05) is 31.6 Å². The van der Waals surface area contributed by atoms with Crippen LogP contribution in [-0.4, -0.2) is 62.3 Å². The van der Waals surface area contributed by atoms with E-state index in [1.807, 2.05) is 0 Å². The Hall–Kier alpha value is -0.650. The van der Waals surface area contributed by atoms with Crippen LogP contribution in [0.3, 0.4) is 0 Å². The number of hydrogen-bond donors (Lipinski definition) is 2. The lowest BCUT2D eigenvalue weighted by molar-refractivity contribution is -0.122. The quantitative estimate of drug-likeness (QED) is 0.768. The first-order valence-corrected chi connectivity index (χ1v) is 8.48. The number of carbonyl (C=O) groups excluding carboxylic acids is 1. The second kappa shape index (κ2) is 8.71. The zero-order valence-corrected chi connectivity index (χ0v) is 13.6. The van der Waals surface area contributed by atoms with Gasteiger partial charge >= 0.3 is 0 Å². The van der Waals surface area contributed by atoms with E-state index in [-0.39, 0.29) is 11.9 Å². The zero-order chi connectivity index (χ0) is 15.1. The second-order valence-electron chi connectivity index (χ2n) is 6.48. The molecule has 0 radical (unpaired) electrons. The van der Waals surface area contributed by atoms with E-state index >= 15 is 0 Å². The van der Waals surface area contributed by atoms with Crippen LogP contribution in [0.5, 0.6) is 0 Å². The van der Waals surface area contributed by atoms with E-state index in [1.54, 1.807) is 0 Å². The van der Waals surface area contributed by atoms with E-state index in [9.17, 15) is 4.79 Å². The Bertz CT molecular complexity index is 313. The summed E-state index contributed by atoms with van der Waals surface area (Å²) in [6.45, 7) is 10.1. The normalized spacial score (nSPS) is 24.5. The van der Waals surface area contributed by atoms with Crippen molar-refractivity contribution in [1.82, 2.24) is 15.5 Å². The molecule has 0 aromatic rings. The largest absolute Gasteiger partial charge is 0.379 e. The van der Waals surface area contributed by atoms with Crippen molar-refractivity contribution in [3.05, 3.63) is 0 Å². The van der Waals surface area contributed by atoms with Crippen molar-refractivity contribution < 1.29 is 9.53 Å². The molecule has 0 aromatic heterocycles. The van der Waals surface area contributed by atoms with Crippen LogP contribution in [-0.2, 0) is 9.53 Å². The first kappa shape index (κ1) is 16.7. The number of amides is 1. The van der Waals surface area contributed by atoms with Crippen molar-refractivity contribution in [2.75, 3.05) is 39.4 Å². The van der Waals surface area contributed by atoms with E-state index in [1.165, 1.54) is 12.8 Å². The molecule has 2 rings (SSSR count). The minimum atomic E-state index is 0.198. The lowest BCUT2D eigenvalue weighted by atomic mass is 9.93. The number of rotatable bonds is 6. The van der Waals surface area contributed by atoms with Crippen molar-refractivity contribution in [3.63, 3.8) is 0 Å². The molecule has 0 aliphatic carbocycles. The molecule has 5 nitrogen and oxygen atoms in total. The maximum Gasteiger partial charge on any atom is 0.220 e. The van der Waals surface area contributed by atoms with E-state index in [4.69, 9.17) is 4.74 Å². The summed E-state index contributed by atoms with van der Waals surface area (Å²) in [5.41, 5.74) is 0. The molecule has 2 N–H and O–H groups in total. The third kappa shape index (κ3) is 5.57. The summed E-state index contributed by atoms with van der Waals surface area (Å²) in [5.74, 6) is 0.935. The second-order valence-corrected chi connectivity index (χ2v) is 6.48. The molecule has 2 heterocycles. The van der Waals surface area contributed by atoms with Gasteiger partial charge in [-0.2, -0.15) is 0 Å². The number of morpholine rings is 1. The van der Waals surface area contributed by atoms with Crippen molar-refractivity contribution in [1.29, 1.82) is 0 Å². The molecule has 0 saturated carbocycles. The summed E-state index contributed by atoms with van der Waals surface area (Å²) < 4.78 is 5.38. The van der Waals surface area contributed by atoms with Crippen molar-refractivity contribution >= 4 is 5.91 Å². The van der Waals surface area contributed by atoms with Gasteiger partial charge in [0.05, 0.1) is 13.2 Å². The Morgan fingerprint density at radius 2 is 1.95 bits per heavy atom. The molecule has 21 heavy (non-hydrogen) atoms. The molecule has 1 amide bonds. The lowest BCUT2D eigenvalue weighted by Gasteiger charge is -2.36. The number of nitrogens with zero attached hydrogens (tertiary/aromatic N) is 1. The van der Waals surface area contributed by atoms with Gasteiger partial charge in [-0.1, -0.05) is 0 Å².